The lowest BCUT2D eigenvalue weighted by Gasteiger charge is -2.31. The minimum absolute atomic E-state index is 0.248. The third kappa shape index (κ3) is 5.77. The highest BCUT2D eigenvalue weighted by Crippen LogP contribution is 2.15. The molecule has 1 N–H and O–H groups in total. The number of benzene rings is 2. The molecule has 1 amide bonds. The van der Waals surface area contributed by atoms with Gasteiger partial charge in [0.25, 0.3) is 5.91 Å². The number of carbonyl (C=O) groups is 1. The zero-order valence-electron chi connectivity index (χ0n) is 17.8. The number of rotatable bonds is 8. The molecule has 3 aromatic rings. The number of hydrogen-bond acceptors (Lipinski definition) is 6. The smallest absolute Gasteiger partial charge is 0.271 e. The Morgan fingerprint density at radius 1 is 1.16 bits per heavy atom. The molecule has 0 aliphatic carbocycles. The van der Waals surface area contributed by atoms with Crippen molar-refractivity contribution in [3.63, 3.8) is 0 Å². The van der Waals surface area contributed by atoms with Gasteiger partial charge in [-0.25, -0.2) is 4.98 Å². The van der Waals surface area contributed by atoms with Crippen molar-refractivity contribution in [2.45, 2.75) is 25.4 Å². The Morgan fingerprint density at radius 3 is 2.81 bits per heavy atom. The van der Waals surface area contributed by atoms with E-state index in [0.29, 0.717) is 30.4 Å². The maximum absolute atomic E-state index is 12.5. The molecule has 4 rings (SSSR count). The van der Waals surface area contributed by atoms with Crippen molar-refractivity contribution in [3.8, 4) is 5.75 Å². The molecule has 1 aromatic heterocycles. The van der Waals surface area contributed by atoms with Crippen LogP contribution in [0, 0.1) is 0 Å². The summed E-state index contributed by atoms with van der Waals surface area (Å²) in [4.78, 5) is 23.5. The number of ether oxygens (including phenoxy) is 2. The number of nitrogens with one attached hydrogen (secondary N) is 1. The fourth-order valence-corrected chi connectivity index (χ4v) is 3.70. The largest absolute Gasteiger partial charge is 0.492 e. The molecule has 0 unspecified atom stereocenters. The van der Waals surface area contributed by atoms with Crippen LogP contribution in [-0.4, -0.2) is 60.2 Å². The van der Waals surface area contributed by atoms with Crippen molar-refractivity contribution in [2.75, 3.05) is 33.4 Å². The van der Waals surface area contributed by atoms with Crippen molar-refractivity contribution in [1.29, 1.82) is 0 Å². The second-order valence-corrected chi connectivity index (χ2v) is 7.75. The summed E-state index contributed by atoms with van der Waals surface area (Å²) in [6, 6.07) is 15.9. The van der Waals surface area contributed by atoms with Gasteiger partial charge in [-0.15, -0.1) is 0 Å². The normalized spacial score (nSPS) is 14.6. The molecule has 162 valence electrons. The van der Waals surface area contributed by atoms with E-state index < -0.39 is 0 Å². The number of carbonyl (C=O) groups excluding carboxylic acids is 1. The van der Waals surface area contributed by atoms with Gasteiger partial charge in [-0.2, -0.15) is 0 Å². The van der Waals surface area contributed by atoms with E-state index in [2.05, 4.69) is 27.2 Å². The van der Waals surface area contributed by atoms with Crippen LogP contribution < -0.4 is 10.1 Å². The number of aromatic nitrogens is 2. The Hall–Kier alpha value is -3.03. The number of para-hydroxylation sites is 2. The van der Waals surface area contributed by atoms with E-state index >= 15 is 0 Å². The summed E-state index contributed by atoms with van der Waals surface area (Å²) in [6.07, 6.45) is 3.66. The van der Waals surface area contributed by atoms with Crippen LogP contribution in [-0.2, 0) is 11.3 Å². The molecule has 7 heteroatoms. The maximum atomic E-state index is 12.5. The molecule has 0 saturated carbocycles. The van der Waals surface area contributed by atoms with E-state index in [1.54, 1.807) is 0 Å². The van der Waals surface area contributed by atoms with Gasteiger partial charge in [0.2, 0.25) is 0 Å². The summed E-state index contributed by atoms with van der Waals surface area (Å²) in [5, 5.41) is 2.91. The highest BCUT2D eigenvalue weighted by Gasteiger charge is 2.18. The van der Waals surface area contributed by atoms with Crippen molar-refractivity contribution in [1.82, 2.24) is 20.2 Å². The van der Waals surface area contributed by atoms with Gasteiger partial charge < -0.3 is 14.8 Å². The molecule has 1 fully saturated rings. The average molecular weight is 421 g/mol. The van der Waals surface area contributed by atoms with Crippen molar-refractivity contribution < 1.29 is 14.3 Å². The molecule has 7 nitrogen and oxygen atoms in total. The Labute approximate surface area is 182 Å². The molecule has 1 aliphatic heterocycles. The van der Waals surface area contributed by atoms with E-state index in [4.69, 9.17) is 9.47 Å². The standard InChI is InChI=1S/C24H28N4O3/c1-28(19-9-12-30-13-10-19)11-14-31-20-6-4-5-18(15-20)16-26-24(29)23-17-25-21-7-2-3-8-22(21)27-23/h2-8,15,17,19H,9-14,16H2,1H3,(H,26,29). The zero-order chi connectivity index (χ0) is 21.5. The number of hydrogen-bond donors (Lipinski definition) is 1. The van der Waals surface area contributed by atoms with Gasteiger partial charge >= 0.3 is 0 Å². The molecule has 1 aliphatic rings. The minimum atomic E-state index is -0.248. The van der Waals surface area contributed by atoms with Crippen molar-refractivity contribution >= 4 is 16.9 Å². The molecular formula is C24H28N4O3. The van der Waals surface area contributed by atoms with E-state index in [0.717, 1.165) is 49.4 Å². The van der Waals surface area contributed by atoms with E-state index in [9.17, 15) is 4.79 Å². The summed E-state index contributed by atoms with van der Waals surface area (Å²) in [5.41, 5.74) is 2.75. The number of amides is 1. The highest BCUT2D eigenvalue weighted by atomic mass is 16.5. The Balaban J connectivity index is 1.27. The zero-order valence-corrected chi connectivity index (χ0v) is 17.8. The Bertz CT molecular complexity index is 1020. The highest BCUT2D eigenvalue weighted by molar-refractivity contribution is 5.93. The summed E-state index contributed by atoms with van der Waals surface area (Å²) in [7, 11) is 2.14. The summed E-state index contributed by atoms with van der Waals surface area (Å²) in [6.45, 7) is 3.57. The monoisotopic (exact) mass is 420 g/mol. The van der Waals surface area contributed by atoms with E-state index in [-0.39, 0.29) is 5.91 Å². The first-order valence-corrected chi connectivity index (χ1v) is 10.7. The summed E-state index contributed by atoms with van der Waals surface area (Å²) in [5.74, 6) is 0.556. The summed E-state index contributed by atoms with van der Waals surface area (Å²) >= 11 is 0. The molecule has 0 atom stereocenters. The third-order valence-corrected chi connectivity index (χ3v) is 5.56. The van der Waals surface area contributed by atoms with E-state index in [1.807, 2.05) is 48.5 Å². The van der Waals surface area contributed by atoms with Gasteiger partial charge in [0, 0.05) is 32.3 Å². The number of fused-ring (bicyclic) bond motifs is 1. The minimum Gasteiger partial charge on any atom is -0.492 e. The van der Waals surface area contributed by atoms with Crippen molar-refractivity contribution in [2.24, 2.45) is 0 Å². The summed E-state index contributed by atoms with van der Waals surface area (Å²) < 4.78 is 11.4. The van der Waals surface area contributed by atoms with Gasteiger partial charge in [0.05, 0.1) is 17.2 Å². The van der Waals surface area contributed by atoms with Crippen molar-refractivity contribution in [3.05, 3.63) is 66.0 Å². The van der Waals surface area contributed by atoms with Gasteiger partial charge in [-0.1, -0.05) is 24.3 Å². The second kappa shape index (κ2) is 10.3. The first-order valence-electron chi connectivity index (χ1n) is 10.7. The molecule has 2 aromatic carbocycles. The number of likely N-dealkylation sites (N-methyl/N-ethyl adjacent to an activating group) is 1. The van der Waals surface area contributed by atoms with Crippen LogP contribution in [0.2, 0.25) is 0 Å². The SMILES string of the molecule is CN(CCOc1cccc(CNC(=O)c2cnc3ccccc3n2)c1)C1CCOCC1. The van der Waals surface area contributed by atoms with Gasteiger partial charge in [0.1, 0.15) is 18.1 Å². The van der Waals surface area contributed by atoms with Gasteiger partial charge in [-0.3, -0.25) is 14.7 Å². The maximum Gasteiger partial charge on any atom is 0.271 e. The first-order chi connectivity index (χ1) is 15.2. The van der Waals surface area contributed by atoms with Gasteiger partial charge in [0.15, 0.2) is 0 Å². The fraction of sp³-hybridized carbons (Fsp3) is 0.375. The molecule has 31 heavy (non-hydrogen) atoms. The van der Waals surface area contributed by atoms with Gasteiger partial charge in [-0.05, 0) is 49.7 Å². The molecular weight excluding hydrogens is 392 g/mol. The predicted molar refractivity (Wildman–Crippen MR) is 119 cm³/mol. The third-order valence-electron chi connectivity index (χ3n) is 5.56. The first kappa shape index (κ1) is 21.2. The lowest BCUT2D eigenvalue weighted by Crippen LogP contribution is -2.38. The Kier molecular flexibility index (Phi) is 7.07. The molecule has 1 saturated heterocycles. The lowest BCUT2D eigenvalue weighted by atomic mass is 10.1. The quantitative estimate of drug-likeness (QED) is 0.604. The molecule has 0 spiro atoms. The van der Waals surface area contributed by atoms with Crippen LogP contribution in [0.4, 0.5) is 0 Å². The molecule has 0 radical (unpaired) electrons. The molecule has 2 heterocycles. The van der Waals surface area contributed by atoms with Crippen LogP contribution in [0.15, 0.2) is 54.7 Å². The Morgan fingerprint density at radius 2 is 1.97 bits per heavy atom. The van der Waals surface area contributed by atoms with Crippen LogP contribution in [0.25, 0.3) is 11.0 Å². The topological polar surface area (TPSA) is 76.6 Å². The second-order valence-electron chi connectivity index (χ2n) is 7.75. The predicted octanol–water partition coefficient (Wildman–Crippen LogP) is 3.05. The van der Waals surface area contributed by atoms with E-state index in [1.165, 1.54) is 6.20 Å². The molecule has 0 bridgehead atoms. The number of nitrogens with zero attached hydrogens (tertiary/aromatic N) is 3. The van der Waals surface area contributed by atoms with Crippen LogP contribution >= 0.6 is 0 Å². The van der Waals surface area contributed by atoms with Crippen LogP contribution in [0.5, 0.6) is 5.75 Å². The van der Waals surface area contributed by atoms with Crippen LogP contribution in [0.3, 0.4) is 0 Å². The van der Waals surface area contributed by atoms with Crippen LogP contribution in [0.1, 0.15) is 28.9 Å². The lowest BCUT2D eigenvalue weighted by molar-refractivity contribution is 0.0392. The fourth-order valence-electron chi connectivity index (χ4n) is 3.70. The average Bonchev–Trinajstić information content (AvgIpc) is 2.83.